The fourth-order valence-electron chi connectivity index (χ4n) is 8.73. The number of fused-ring (bicyclic) bond motifs is 3. The van der Waals surface area contributed by atoms with Gasteiger partial charge in [0, 0.05) is 21.9 Å². The van der Waals surface area contributed by atoms with Crippen LogP contribution < -0.4 is 0 Å². The smallest absolute Gasteiger partial charge is 0.143 e. The quantitative estimate of drug-likeness (QED) is 0.150. The van der Waals surface area contributed by atoms with Crippen molar-refractivity contribution in [1.82, 2.24) is 0 Å². The van der Waals surface area contributed by atoms with E-state index in [0.717, 1.165) is 44.2 Å². The average Bonchev–Trinajstić information content (AvgIpc) is 3.74. The molecule has 0 saturated carbocycles. The molecule has 11 rings (SSSR count). The van der Waals surface area contributed by atoms with Crippen LogP contribution in [0.15, 0.2) is 247 Å². The molecule has 0 N–H and O–H groups in total. The number of para-hydroxylation sites is 2. The fraction of sp³-hybridized carbons (Fsp3) is 0. The summed E-state index contributed by atoms with van der Waals surface area (Å²) in [5, 5.41) is 2.24. The predicted octanol–water partition coefficient (Wildman–Crippen LogP) is 16.9. The molecule has 0 amide bonds. The van der Waals surface area contributed by atoms with Gasteiger partial charge < -0.3 is 4.42 Å². The van der Waals surface area contributed by atoms with Crippen molar-refractivity contribution in [3.8, 4) is 89.0 Å². The molecule has 286 valence electrons. The highest BCUT2D eigenvalue weighted by Crippen LogP contribution is 2.41. The van der Waals surface area contributed by atoms with Crippen LogP contribution in [0.25, 0.3) is 111 Å². The van der Waals surface area contributed by atoms with Gasteiger partial charge in [0.25, 0.3) is 0 Å². The monoisotopic (exact) mass is 776 g/mol. The topological polar surface area (TPSA) is 13.1 Å². The SMILES string of the molecule is c1ccc(-c2cccc(-c3ccc(-c4cccc5c4oc4c(-c6ccc(-c7cccc(-c8cccc(-c9cccc(-c%10ccccc%10)c9)c8)c7)cc6)cccc45)cc3)c2)cc1. The molecule has 0 unspecified atom stereocenters. The summed E-state index contributed by atoms with van der Waals surface area (Å²) in [7, 11) is 0. The van der Waals surface area contributed by atoms with E-state index in [2.05, 4.69) is 243 Å². The lowest BCUT2D eigenvalue weighted by molar-refractivity contribution is 0.671. The van der Waals surface area contributed by atoms with Crippen molar-refractivity contribution in [2.75, 3.05) is 0 Å². The lowest BCUT2D eigenvalue weighted by Gasteiger charge is -2.10. The summed E-state index contributed by atoms with van der Waals surface area (Å²) < 4.78 is 6.85. The second-order valence-corrected chi connectivity index (χ2v) is 15.7. The molecule has 10 aromatic carbocycles. The predicted molar refractivity (Wildman–Crippen MR) is 257 cm³/mol. The van der Waals surface area contributed by atoms with E-state index >= 15 is 0 Å². The maximum atomic E-state index is 6.85. The number of furan rings is 1. The van der Waals surface area contributed by atoms with E-state index in [9.17, 15) is 0 Å². The van der Waals surface area contributed by atoms with Gasteiger partial charge in [0.05, 0.1) is 0 Å². The Balaban J connectivity index is 0.870. The average molecular weight is 777 g/mol. The first-order valence-electron chi connectivity index (χ1n) is 20.9. The summed E-state index contributed by atoms with van der Waals surface area (Å²) in [6, 6.07) is 87.1. The van der Waals surface area contributed by atoms with Crippen LogP contribution in [0.4, 0.5) is 0 Å². The van der Waals surface area contributed by atoms with E-state index in [-0.39, 0.29) is 0 Å². The van der Waals surface area contributed by atoms with Crippen LogP contribution in [0.1, 0.15) is 0 Å². The molecule has 0 fully saturated rings. The molecule has 1 heteroatoms. The van der Waals surface area contributed by atoms with E-state index in [0.29, 0.717) is 0 Å². The summed E-state index contributed by atoms with van der Waals surface area (Å²) >= 11 is 0. The molecular weight excluding hydrogens is 737 g/mol. The standard InChI is InChI=1S/C60H40O/c1-3-13-41(14-4-1)47-17-7-19-49(37-47)43-29-33-45(34-30-43)55-25-11-27-57-58-28-12-26-56(60(58)61-59(55)57)46-35-31-44(32-36-46)50-20-9-22-52(39-50)54-24-10-23-53(40-54)51-21-8-18-48(38-51)42-15-5-2-6-16-42/h1-40H. The summed E-state index contributed by atoms with van der Waals surface area (Å²) in [5.74, 6) is 0. The van der Waals surface area contributed by atoms with Gasteiger partial charge in [-0.3, -0.25) is 0 Å². The number of benzene rings is 10. The highest BCUT2D eigenvalue weighted by atomic mass is 16.3. The van der Waals surface area contributed by atoms with Crippen LogP contribution >= 0.6 is 0 Å². The van der Waals surface area contributed by atoms with Crippen molar-refractivity contribution in [3.63, 3.8) is 0 Å². The van der Waals surface area contributed by atoms with Gasteiger partial charge in [-0.15, -0.1) is 0 Å². The molecule has 1 heterocycles. The largest absolute Gasteiger partial charge is 0.455 e. The zero-order valence-corrected chi connectivity index (χ0v) is 33.5. The fourth-order valence-corrected chi connectivity index (χ4v) is 8.73. The van der Waals surface area contributed by atoms with Gasteiger partial charge in [0.15, 0.2) is 0 Å². The molecule has 0 aliphatic rings. The van der Waals surface area contributed by atoms with Crippen molar-refractivity contribution in [2.45, 2.75) is 0 Å². The van der Waals surface area contributed by atoms with Crippen LogP contribution in [0, 0.1) is 0 Å². The maximum Gasteiger partial charge on any atom is 0.143 e. The molecule has 0 aliphatic carbocycles. The lowest BCUT2D eigenvalue weighted by atomic mass is 9.94. The Hall–Kier alpha value is -8.00. The first-order chi connectivity index (χ1) is 30.2. The van der Waals surface area contributed by atoms with Gasteiger partial charge in [0.1, 0.15) is 11.2 Å². The van der Waals surface area contributed by atoms with Gasteiger partial charge in [0.2, 0.25) is 0 Å². The number of hydrogen-bond donors (Lipinski definition) is 0. The third-order valence-corrected chi connectivity index (χ3v) is 11.9. The normalized spacial score (nSPS) is 11.3. The summed E-state index contributed by atoms with van der Waals surface area (Å²) in [4.78, 5) is 0. The van der Waals surface area contributed by atoms with Gasteiger partial charge in [-0.05, 0) is 102 Å². The van der Waals surface area contributed by atoms with Crippen LogP contribution in [0.2, 0.25) is 0 Å². The molecule has 1 aromatic heterocycles. The van der Waals surface area contributed by atoms with Crippen LogP contribution in [0.5, 0.6) is 0 Å². The Kier molecular flexibility index (Phi) is 9.26. The first-order valence-corrected chi connectivity index (χ1v) is 20.9. The minimum absolute atomic E-state index is 0.906. The molecule has 0 atom stereocenters. The van der Waals surface area contributed by atoms with Gasteiger partial charge in [-0.1, -0.05) is 218 Å². The van der Waals surface area contributed by atoms with E-state index in [1.807, 2.05) is 0 Å². The zero-order valence-electron chi connectivity index (χ0n) is 33.5. The molecule has 0 aliphatic heterocycles. The van der Waals surface area contributed by atoms with Crippen LogP contribution in [-0.2, 0) is 0 Å². The molecule has 0 radical (unpaired) electrons. The number of hydrogen-bond acceptors (Lipinski definition) is 1. The summed E-state index contributed by atoms with van der Waals surface area (Å²) in [5.41, 5.74) is 20.7. The molecule has 61 heavy (non-hydrogen) atoms. The molecule has 0 spiro atoms. The number of rotatable bonds is 8. The van der Waals surface area contributed by atoms with Gasteiger partial charge in [-0.25, -0.2) is 0 Å². The van der Waals surface area contributed by atoms with Crippen molar-refractivity contribution in [2.24, 2.45) is 0 Å². The molecule has 1 nitrogen and oxygen atoms in total. The third kappa shape index (κ3) is 7.03. The minimum Gasteiger partial charge on any atom is -0.455 e. The Labute approximate surface area is 356 Å². The first kappa shape index (κ1) is 36.1. The van der Waals surface area contributed by atoms with Crippen LogP contribution in [0.3, 0.4) is 0 Å². The Morgan fingerprint density at radius 2 is 0.426 bits per heavy atom. The zero-order chi connectivity index (χ0) is 40.5. The molecule has 0 saturated heterocycles. The highest BCUT2D eigenvalue weighted by Gasteiger charge is 2.16. The minimum atomic E-state index is 0.906. The summed E-state index contributed by atoms with van der Waals surface area (Å²) in [6.07, 6.45) is 0. The Morgan fingerprint density at radius 3 is 0.754 bits per heavy atom. The second kappa shape index (κ2) is 15.6. The van der Waals surface area contributed by atoms with Crippen molar-refractivity contribution >= 4 is 21.9 Å². The van der Waals surface area contributed by atoms with Crippen LogP contribution in [-0.4, -0.2) is 0 Å². The Morgan fingerprint density at radius 1 is 0.180 bits per heavy atom. The third-order valence-electron chi connectivity index (χ3n) is 11.9. The van der Waals surface area contributed by atoms with Crippen molar-refractivity contribution < 1.29 is 4.42 Å². The van der Waals surface area contributed by atoms with E-state index in [1.54, 1.807) is 0 Å². The lowest BCUT2D eigenvalue weighted by Crippen LogP contribution is -1.85. The molecule has 11 aromatic rings. The molecule has 0 bridgehead atoms. The van der Waals surface area contributed by atoms with Gasteiger partial charge in [-0.2, -0.15) is 0 Å². The van der Waals surface area contributed by atoms with E-state index < -0.39 is 0 Å². The second-order valence-electron chi connectivity index (χ2n) is 15.7. The summed E-state index contributed by atoms with van der Waals surface area (Å²) in [6.45, 7) is 0. The van der Waals surface area contributed by atoms with Gasteiger partial charge >= 0.3 is 0 Å². The van der Waals surface area contributed by atoms with Crippen molar-refractivity contribution in [3.05, 3.63) is 243 Å². The van der Waals surface area contributed by atoms with E-state index in [1.165, 1.54) is 66.8 Å². The maximum absolute atomic E-state index is 6.85. The van der Waals surface area contributed by atoms with Crippen molar-refractivity contribution in [1.29, 1.82) is 0 Å². The van der Waals surface area contributed by atoms with E-state index in [4.69, 9.17) is 4.42 Å². The Bertz CT molecular complexity index is 3320. The highest BCUT2D eigenvalue weighted by molar-refractivity contribution is 6.13. The molecular formula is C60H40O.